The molecule has 0 radical (unpaired) electrons. The zero-order valence-electron chi connectivity index (χ0n) is 14.7. The highest BCUT2D eigenvalue weighted by molar-refractivity contribution is 6.23. The topological polar surface area (TPSA) is 67.3 Å². The second kappa shape index (κ2) is 7.91. The van der Waals surface area contributed by atoms with Crippen LogP contribution in [-0.2, 0) is 16.0 Å². The predicted molar refractivity (Wildman–Crippen MR) is 103 cm³/mol. The molecule has 0 fully saturated rings. The van der Waals surface area contributed by atoms with E-state index >= 15 is 0 Å². The maximum absolute atomic E-state index is 12.5. The van der Waals surface area contributed by atoms with Gasteiger partial charge in [-0.1, -0.05) is 18.2 Å². The molecule has 134 valence electrons. The van der Waals surface area contributed by atoms with Crippen LogP contribution >= 0.6 is 0 Å². The molecule has 3 rings (SSSR count). The SMILES string of the molecule is Cc1ccc(CCCC(=O)C2=CC(c3ccncc3)=CCC2=O)c(O)c1.[HH]. The summed E-state index contributed by atoms with van der Waals surface area (Å²) in [5.41, 5.74) is 3.92. The van der Waals surface area contributed by atoms with Crippen LogP contribution in [0, 0.1) is 6.92 Å². The Morgan fingerprint density at radius 2 is 2.00 bits per heavy atom. The van der Waals surface area contributed by atoms with Crippen LogP contribution in [0.25, 0.3) is 5.57 Å². The van der Waals surface area contributed by atoms with Crippen molar-refractivity contribution < 1.29 is 16.1 Å². The Balaban J connectivity index is 0.00000261. The number of phenolic OH excluding ortho intramolecular Hbond substituents is 1. The molecule has 1 N–H and O–H groups in total. The van der Waals surface area contributed by atoms with Gasteiger partial charge in [0.1, 0.15) is 5.75 Å². The van der Waals surface area contributed by atoms with Crippen LogP contribution in [0.1, 0.15) is 37.4 Å². The number of rotatable bonds is 6. The van der Waals surface area contributed by atoms with E-state index < -0.39 is 0 Å². The Hall–Kier alpha value is -3.01. The molecular formula is C22H23NO3. The first-order valence-corrected chi connectivity index (χ1v) is 8.72. The quantitative estimate of drug-likeness (QED) is 0.793. The minimum Gasteiger partial charge on any atom is -0.508 e. The van der Waals surface area contributed by atoms with E-state index in [0.717, 1.165) is 22.3 Å². The van der Waals surface area contributed by atoms with Crippen molar-refractivity contribution in [2.45, 2.75) is 32.6 Å². The van der Waals surface area contributed by atoms with Gasteiger partial charge in [-0.05, 0) is 66.3 Å². The van der Waals surface area contributed by atoms with Crippen LogP contribution in [0.2, 0.25) is 0 Å². The number of Topliss-reactive ketones (excluding diaryl/α,β-unsaturated/α-hetero) is 2. The Bertz CT molecular complexity index is 901. The first-order valence-electron chi connectivity index (χ1n) is 8.72. The van der Waals surface area contributed by atoms with Gasteiger partial charge in [-0.25, -0.2) is 0 Å². The Morgan fingerprint density at radius 1 is 1.23 bits per heavy atom. The standard InChI is InChI=1S/C22H21NO3.H2/c1-15-5-6-17(22(26)13-15)3-2-4-20(24)19-14-18(7-8-21(19)25)16-9-11-23-12-10-16;/h5-7,9-14,26H,2-4,8H2,1H3;1H. The molecule has 0 saturated heterocycles. The number of aromatic nitrogens is 1. The van der Waals surface area contributed by atoms with Crippen LogP contribution in [-0.4, -0.2) is 21.7 Å². The molecule has 0 spiro atoms. The molecule has 1 aliphatic rings. The number of phenols is 1. The molecule has 2 aromatic rings. The summed E-state index contributed by atoms with van der Waals surface area (Å²) in [6.45, 7) is 1.92. The molecule has 0 atom stereocenters. The number of benzene rings is 1. The largest absolute Gasteiger partial charge is 0.508 e. The second-order valence-corrected chi connectivity index (χ2v) is 6.49. The summed E-state index contributed by atoms with van der Waals surface area (Å²) in [7, 11) is 0. The number of carbonyl (C=O) groups excluding carboxylic acids is 2. The van der Waals surface area contributed by atoms with E-state index in [1.807, 2.05) is 37.3 Å². The highest BCUT2D eigenvalue weighted by Crippen LogP contribution is 2.25. The first kappa shape index (κ1) is 17.8. The highest BCUT2D eigenvalue weighted by atomic mass is 16.3. The van der Waals surface area contributed by atoms with Crippen molar-refractivity contribution in [3.05, 3.63) is 77.1 Å². The third-order valence-corrected chi connectivity index (χ3v) is 4.51. The lowest BCUT2D eigenvalue weighted by Gasteiger charge is -2.13. The van der Waals surface area contributed by atoms with Crippen LogP contribution in [0.4, 0.5) is 0 Å². The molecule has 4 heteroatoms. The number of hydrogen-bond acceptors (Lipinski definition) is 4. The molecular weight excluding hydrogens is 326 g/mol. The number of carbonyl (C=O) groups is 2. The molecule has 4 nitrogen and oxygen atoms in total. The number of pyridine rings is 1. The zero-order valence-corrected chi connectivity index (χ0v) is 14.7. The van der Waals surface area contributed by atoms with Crippen molar-refractivity contribution in [3.63, 3.8) is 0 Å². The molecule has 26 heavy (non-hydrogen) atoms. The van der Waals surface area contributed by atoms with Gasteiger partial charge in [-0.3, -0.25) is 14.6 Å². The lowest BCUT2D eigenvalue weighted by Crippen LogP contribution is -2.15. The molecule has 0 amide bonds. The van der Waals surface area contributed by atoms with Crippen molar-refractivity contribution >= 4 is 17.1 Å². The molecule has 1 heterocycles. The van der Waals surface area contributed by atoms with Gasteiger partial charge >= 0.3 is 0 Å². The number of allylic oxidation sites excluding steroid dienone is 4. The molecule has 0 aliphatic heterocycles. The molecule has 1 aromatic carbocycles. The van der Waals surface area contributed by atoms with Crippen molar-refractivity contribution in [2.24, 2.45) is 0 Å². The summed E-state index contributed by atoms with van der Waals surface area (Å²) in [5, 5.41) is 9.95. The van der Waals surface area contributed by atoms with E-state index in [9.17, 15) is 14.7 Å². The summed E-state index contributed by atoms with van der Waals surface area (Å²) in [6, 6.07) is 9.26. The maximum atomic E-state index is 12.5. The van der Waals surface area contributed by atoms with Gasteiger partial charge in [-0.2, -0.15) is 0 Å². The van der Waals surface area contributed by atoms with Gasteiger partial charge in [0.15, 0.2) is 11.6 Å². The van der Waals surface area contributed by atoms with E-state index in [0.29, 0.717) is 12.8 Å². The minimum absolute atomic E-state index is 0. The molecule has 0 bridgehead atoms. The molecule has 0 saturated carbocycles. The number of ketones is 2. The summed E-state index contributed by atoms with van der Waals surface area (Å²) in [5.74, 6) is -0.0134. The molecule has 0 unspecified atom stereocenters. The van der Waals surface area contributed by atoms with Gasteiger partial charge in [0.2, 0.25) is 0 Å². The third kappa shape index (κ3) is 4.14. The number of hydrogen-bond donors (Lipinski definition) is 1. The Morgan fingerprint density at radius 3 is 2.73 bits per heavy atom. The van der Waals surface area contributed by atoms with Crippen molar-refractivity contribution in [3.8, 4) is 5.75 Å². The van der Waals surface area contributed by atoms with E-state index in [4.69, 9.17) is 0 Å². The van der Waals surface area contributed by atoms with Crippen molar-refractivity contribution in [1.82, 2.24) is 4.98 Å². The lowest BCUT2D eigenvalue weighted by atomic mass is 9.90. The Kier molecular flexibility index (Phi) is 5.42. The van der Waals surface area contributed by atoms with Crippen molar-refractivity contribution in [1.29, 1.82) is 0 Å². The maximum Gasteiger partial charge on any atom is 0.170 e. The van der Waals surface area contributed by atoms with Crippen LogP contribution < -0.4 is 0 Å². The number of aryl methyl sites for hydroxylation is 2. The molecule has 1 aromatic heterocycles. The van der Waals surface area contributed by atoms with Gasteiger partial charge in [0.05, 0.1) is 5.57 Å². The number of aromatic hydroxyl groups is 1. The average molecular weight is 349 g/mol. The zero-order chi connectivity index (χ0) is 18.5. The van der Waals surface area contributed by atoms with E-state index in [-0.39, 0.29) is 37.2 Å². The fraction of sp³-hybridized carbons (Fsp3) is 0.227. The monoisotopic (exact) mass is 349 g/mol. The smallest absolute Gasteiger partial charge is 0.170 e. The second-order valence-electron chi connectivity index (χ2n) is 6.49. The van der Waals surface area contributed by atoms with Crippen LogP contribution in [0.3, 0.4) is 0 Å². The van der Waals surface area contributed by atoms with Crippen LogP contribution in [0.15, 0.2) is 60.5 Å². The van der Waals surface area contributed by atoms with Gasteiger partial charge in [0, 0.05) is 26.7 Å². The Labute approximate surface area is 154 Å². The minimum atomic E-state index is -0.138. The van der Waals surface area contributed by atoms with Gasteiger partial charge in [0.25, 0.3) is 0 Å². The summed E-state index contributed by atoms with van der Waals surface area (Å²) in [6.07, 6.45) is 8.64. The fourth-order valence-electron chi connectivity index (χ4n) is 3.05. The third-order valence-electron chi connectivity index (χ3n) is 4.51. The first-order chi connectivity index (χ1) is 12.5. The van der Waals surface area contributed by atoms with Gasteiger partial charge in [-0.15, -0.1) is 0 Å². The lowest BCUT2D eigenvalue weighted by molar-refractivity contribution is -0.121. The van der Waals surface area contributed by atoms with E-state index in [1.54, 1.807) is 24.5 Å². The predicted octanol–water partition coefficient (Wildman–Crippen LogP) is 4.22. The number of nitrogens with zero attached hydrogens (tertiary/aromatic N) is 1. The fourth-order valence-corrected chi connectivity index (χ4v) is 3.05. The highest BCUT2D eigenvalue weighted by Gasteiger charge is 2.21. The van der Waals surface area contributed by atoms with E-state index in [1.165, 1.54) is 0 Å². The normalized spacial score (nSPS) is 14.0. The van der Waals surface area contributed by atoms with E-state index in [2.05, 4.69) is 4.98 Å². The van der Waals surface area contributed by atoms with Crippen LogP contribution in [0.5, 0.6) is 5.75 Å². The van der Waals surface area contributed by atoms with Crippen molar-refractivity contribution in [2.75, 3.05) is 0 Å². The molecule has 1 aliphatic carbocycles. The summed E-state index contributed by atoms with van der Waals surface area (Å²) >= 11 is 0. The summed E-state index contributed by atoms with van der Waals surface area (Å²) < 4.78 is 0. The average Bonchev–Trinajstić information content (AvgIpc) is 2.64. The van der Waals surface area contributed by atoms with Gasteiger partial charge < -0.3 is 5.11 Å². The summed E-state index contributed by atoms with van der Waals surface area (Å²) in [4.78, 5) is 28.7.